The van der Waals surface area contributed by atoms with E-state index >= 15 is 0 Å². The largest absolute Gasteiger partial charge is 0.208 e. The van der Waals surface area contributed by atoms with E-state index in [0.29, 0.717) is 0 Å². The third-order valence-electron chi connectivity index (χ3n) is 2.40. The van der Waals surface area contributed by atoms with Gasteiger partial charge in [0.15, 0.2) is 0 Å². The minimum absolute atomic E-state index is 0.950. The van der Waals surface area contributed by atoms with Crippen LogP contribution in [0.2, 0.25) is 0 Å². The maximum absolute atomic E-state index is 4.18. The Bertz CT molecular complexity index is 652. The molecule has 0 amide bonds. The van der Waals surface area contributed by atoms with Crippen LogP contribution in [0.1, 0.15) is 11.1 Å². The molecular formula is C12H10N8. The van der Waals surface area contributed by atoms with Crippen molar-refractivity contribution >= 4 is 12.4 Å². The summed E-state index contributed by atoms with van der Waals surface area (Å²) in [6.45, 7) is 0. The van der Waals surface area contributed by atoms with Crippen LogP contribution >= 0.6 is 0 Å². The highest BCUT2D eigenvalue weighted by Gasteiger charge is 1.92. The van der Waals surface area contributed by atoms with Crippen molar-refractivity contribution in [1.82, 2.24) is 29.7 Å². The van der Waals surface area contributed by atoms with Crippen molar-refractivity contribution in [2.75, 3.05) is 0 Å². The summed E-state index contributed by atoms with van der Waals surface area (Å²) < 4.78 is 3.05. The van der Waals surface area contributed by atoms with E-state index in [4.69, 9.17) is 0 Å². The second-order valence-electron chi connectivity index (χ2n) is 3.84. The molecule has 2 aromatic heterocycles. The highest BCUT2D eigenvalue weighted by Crippen LogP contribution is 2.01. The van der Waals surface area contributed by atoms with Gasteiger partial charge in [-0.15, -0.1) is 20.4 Å². The molecule has 0 fully saturated rings. The third kappa shape index (κ3) is 2.99. The molecule has 0 saturated heterocycles. The Hall–Kier alpha value is -3.16. The van der Waals surface area contributed by atoms with Crippen LogP contribution in [-0.2, 0) is 0 Å². The van der Waals surface area contributed by atoms with Crippen molar-refractivity contribution in [1.29, 1.82) is 0 Å². The van der Waals surface area contributed by atoms with Gasteiger partial charge in [-0.25, -0.2) is 9.35 Å². The van der Waals surface area contributed by atoms with Crippen molar-refractivity contribution in [3.8, 4) is 0 Å². The Morgan fingerprint density at radius 3 is 1.65 bits per heavy atom. The molecule has 0 atom stereocenters. The lowest BCUT2D eigenvalue weighted by molar-refractivity contribution is 0.877. The zero-order valence-electron chi connectivity index (χ0n) is 10.4. The fraction of sp³-hybridized carbons (Fsp3) is 0. The van der Waals surface area contributed by atoms with Crippen molar-refractivity contribution in [3.05, 3.63) is 60.7 Å². The smallest absolute Gasteiger partial charge is 0.141 e. The van der Waals surface area contributed by atoms with E-state index in [1.165, 1.54) is 34.7 Å². The molecular weight excluding hydrogens is 256 g/mol. The van der Waals surface area contributed by atoms with E-state index in [1.54, 1.807) is 12.4 Å². The van der Waals surface area contributed by atoms with E-state index < -0.39 is 0 Å². The van der Waals surface area contributed by atoms with Gasteiger partial charge >= 0.3 is 0 Å². The summed E-state index contributed by atoms with van der Waals surface area (Å²) >= 11 is 0. The molecule has 3 aromatic rings. The molecule has 0 aliphatic carbocycles. The lowest BCUT2D eigenvalue weighted by Gasteiger charge is -1.96. The monoisotopic (exact) mass is 266 g/mol. The fourth-order valence-corrected chi connectivity index (χ4v) is 1.50. The topological polar surface area (TPSA) is 86.1 Å². The van der Waals surface area contributed by atoms with Crippen LogP contribution in [-0.4, -0.2) is 42.2 Å². The van der Waals surface area contributed by atoms with Gasteiger partial charge in [0.1, 0.15) is 25.3 Å². The van der Waals surface area contributed by atoms with Crippen LogP contribution in [0.25, 0.3) is 0 Å². The summed E-state index contributed by atoms with van der Waals surface area (Å²) in [7, 11) is 0. The number of rotatable bonds is 4. The van der Waals surface area contributed by atoms with Crippen LogP contribution < -0.4 is 0 Å². The summed E-state index contributed by atoms with van der Waals surface area (Å²) in [5.41, 5.74) is 1.90. The maximum Gasteiger partial charge on any atom is 0.141 e. The van der Waals surface area contributed by atoms with Crippen LogP contribution in [0, 0.1) is 0 Å². The first-order valence-electron chi connectivity index (χ1n) is 5.78. The molecule has 0 aliphatic rings. The van der Waals surface area contributed by atoms with Crippen LogP contribution in [0.4, 0.5) is 0 Å². The highest BCUT2D eigenvalue weighted by molar-refractivity contribution is 5.86. The maximum atomic E-state index is 4.18. The van der Waals surface area contributed by atoms with E-state index in [9.17, 15) is 0 Å². The summed E-state index contributed by atoms with van der Waals surface area (Å²) in [4.78, 5) is 0. The Balaban J connectivity index is 1.76. The molecule has 0 radical (unpaired) electrons. The molecule has 0 unspecified atom stereocenters. The van der Waals surface area contributed by atoms with Gasteiger partial charge in [-0.2, -0.15) is 10.2 Å². The van der Waals surface area contributed by atoms with Gasteiger partial charge in [0.2, 0.25) is 0 Å². The lowest BCUT2D eigenvalue weighted by atomic mass is 10.1. The minimum atomic E-state index is 0.950. The molecule has 2 heterocycles. The standard InChI is InChI=1S/C12H10N8/c1-2-11(5-17-19-7-13-14-8-19)4-12(3-1)6-18-20-9-15-16-10-20/h1-10H/b17-5+,18-6+. The van der Waals surface area contributed by atoms with Crippen molar-refractivity contribution in [2.45, 2.75) is 0 Å². The normalized spacial score (nSPS) is 11.6. The van der Waals surface area contributed by atoms with Gasteiger partial charge in [0.25, 0.3) is 0 Å². The number of aromatic nitrogens is 6. The fourth-order valence-electron chi connectivity index (χ4n) is 1.50. The Kier molecular flexibility index (Phi) is 3.36. The summed E-state index contributed by atoms with van der Waals surface area (Å²) in [5.74, 6) is 0. The van der Waals surface area contributed by atoms with Gasteiger partial charge < -0.3 is 0 Å². The Morgan fingerprint density at radius 1 is 0.750 bits per heavy atom. The quantitative estimate of drug-likeness (QED) is 0.648. The lowest BCUT2D eigenvalue weighted by Crippen LogP contribution is -1.91. The number of nitrogens with zero attached hydrogens (tertiary/aromatic N) is 8. The average Bonchev–Trinajstić information content (AvgIpc) is 3.17. The van der Waals surface area contributed by atoms with Gasteiger partial charge in [0, 0.05) is 0 Å². The second-order valence-corrected chi connectivity index (χ2v) is 3.84. The first kappa shape index (κ1) is 11.9. The van der Waals surface area contributed by atoms with Gasteiger partial charge in [-0.3, -0.25) is 0 Å². The summed E-state index contributed by atoms with van der Waals surface area (Å²) in [6.07, 6.45) is 9.53. The second kappa shape index (κ2) is 5.65. The van der Waals surface area contributed by atoms with Crippen molar-refractivity contribution in [2.24, 2.45) is 10.2 Å². The van der Waals surface area contributed by atoms with Gasteiger partial charge in [-0.05, 0) is 17.2 Å². The summed E-state index contributed by atoms with van der Waals surface area (Å²) in [5, 5.41) is 23.1. The van der Waals surface area contributed by atoms with Gasteiger partial charge in [0.05, 0.1) is 12.4 Å². The van der Waals surface area contributed by atoms with E-state index in [-0.39, 0.29) is 0 Å². The third-order valence-corrected chi connectivity index (χ3v) is 2.40. The molecule has 0 N–H and O–H groups in total. The molecule has 0 bridgehead atoms. The molecule has 20 heavy (non-hydrogen) atoms. The first-order valence-corrected chi connectivity index (χ1v) is 5.78. The predicted octanol–water partition coefficient (Wildman–Crippen LogP) is 0.634. The Labute approximate surface area is 114 Å². The van der Waals surface area contributed by atoms with Crippen LogP contribution in [0.15, 0.2) is 59.8 Å². The predicted molar refractivity (Wildman–Crippen MR) is 72.5 cm³/mol. The summed E-state index contributed by atoms with van der Waals surface area (Å²) in [6, 6.07) is 7.79. The zero-order chi connectivity index (χ0) is 13.6. The van der Waals surface area contributed by atoms with E-state index in [2.05, 4.69) is 30.6 Å². The van der Waals surface area contributed by atoms with Crippen molar-refractivity contribution < 1.29 is 0 Å². The molecule has 1 aromatic carbocycles. The van der Waals surface area contributed by atoms with Crippen LogP contribution in [0.3, 0.4) is 0 Å². The van der Waals surface area contributed by atoms with Gasteiger partial charge in [-0.1, -0.05) is 18.2 Å². The molecule has 98 valence electrons. The van der Waals surface area contributed by atoms with E-state index in [1.807, 2.05) is 24.3 Å². The Morgan fingerprint density at radius 2 is 1.20 bits per heavy atom. The SMILES string of the molecule is C(=N\n1cnnc1)/c1cccc(/C=N/n2cnnc2)c1. The molecule has 8 nitrogen and oxygen atoms in total. The van der Waals surface area contributed by atoms with E-state index in [0.717, 1.165) is 11.1 Å². The molecule has 8 heteroatoms. The molecule has 3 rings (SSSR count). The highest BCUT2D eigenvalue weighted by atomic mass is 15.4. The zero-order valence-corrected chi connectivity index (χ0v) is 10.4. The average molecular weight is 266 g/mol. The molecule has 0 aliphatic heterocycles. The van der Waals surface area contributed by atoms with Crippen LogP contribution in [0.5, 0.6) is 0 Å². The number of hydrogen-bond donors (Lipinski definition) is 0. The number of benzene rings is 1. The minimum Gasteiger partial charge on any atom is -0.208 e. The first-order chi connectivity index (χ1) is 9.90. The molecule has 0 saturated carbocycles. The molecule has 0 spiro atoms. The number of hydrogen-bond acceptors (Lipinski definition) is 6. The van der Waals surface area contributed by atoms with Crippen molar-refractivity contribution in [3.63, 3.8) is 0 Å².